The van der Waals surface area contributed by atoms with Crippen molar-refractivity contribution in [3.05, 3.63) is 63.8 Å². The van der Waals surface area contributed by atoms with Crippen LogP contribution in [0.4, 0.5) is 0 Å². The van der Waals surface area contributed by atoms with Crippen LogP contribution in [0.15, 0.2) is 53.2 Å². The monoisotopic (exact) mass is 376 g/mol. The van der Waals surface area contributed by atoms with Gasteiger partial charge in [0, 0.05) is 26.6 Å². The van der Waals surface area contributed by atoms with Gasteiger partial charge in [0.1, 0.15) is 10.8 Å². The summed E-state index contributed by atoms with van der Waals surface area (Å²) in [5.41, 5.74) is 1.82. The van der Waals surface area contributed by atoms with Gasteiger partial charge in [-0.25, -0.2) is 4.98 Å². The molecule has 1 N–H and O–H groups in total. The van der Waals surface area contributed by atoms with Crippen molar-refractivity contribution in [3.63, 3.8) is 0 Å². The van der Waals surface area contributed by atoms with E-state index < -0.39 is 10.8 Å². The predicted octanol–water partition coefficient (Wildman–Crippen LogP) is 3.44. The van der Waals surface area contributed by atoms with Gasteiger partial charge < -0.3 is 5.32 Å². The lowest BCUT2D eigenvalue weighted by Crippen LogP contribution is -2.27. The molecule has 3 rings (SSSR count). The SMILES string of the molecule is O=C(C[S@](=O)Cc1csc(-c2ccccc2)n1)NCc1cccs1. The van der Waals surface area contributed by atoms with E-state index in [4.69, 9.17) is 0 Å². The fraction of sp³-hybridized carbons (Fsp3) is 0.176. The summed E-state index contributed by atoms with van der Waals surface area (Å²) < 4.78 is 12.1. The Morgan fingerprint density at radius 2 is 1.96 bits per heavy atom. The van der Waals surface area contributed by atoms with Gasteiger partial charge in [0.05, 0.1) is 18.0 Å². The number of rotatable bonds is 7. The molecule has 1 amide bonds. The topological polar surface area (TPSA) is 59.1 Å². The molecule has 0 aliphatic heterocycles. The molecule has 1 atom stereocenters. The molecule has 2 heterocycles. The summed E-state index contributed by atoms with van der Waals surface area (Å²) in [6.45, 7) is 0.489. The van der Waals surface area contributed by atoms with Crippen LogP contribution in [0.25, 0.3) is 10.6 Å². The normalized spacial score (nSPS) is 12.0. The van der Waals surface area contributed by atoms with Crippen LogP contribution in [-0.4, -0.2) is 20.9 Å². The standard InChI is InChI=1S/C17H16N2O2S3/c20-16(18-9-15-7-4-8-22-15)12-24(21)11-14-10-23-17(19-14)13-5-2-1-3-6-13/h1-8,10H,9,11-12H2,(H,18,20)/t24-/m1/s1. The molecule has 0 unspecified atom stereocenters. The smallest absolute Gasteiger partial charge is 0.232 e. The maximum atomic E-state index is 12.1. The molecule has 0 fully saturated rings. The minimum Gasteiger partial charge on any atom is -0.350 e. The largest absolute Gasteiger partial charge is 0.350 e. The highest BCUT2D eigenvalue weighted by Gasteiger charge is 2.12. The maximum absolute atomic E-state index is 12.1. The van der Waals surface area contributed by atoms with Gasteiger partial charge in [0.25, 0.3) is 0 Å². The molecule has 24 heavy (non-hydrogen) atoms. The average molecular weight is 377 g/mol. The van der Waals surface area contributed by atoms with E-state index in [2.05, 4.69) is 10.3 Å². The van der Waals surface area contributed by atoms with Crippen molar-refractivity contribution in [2.24, 2.45) is 0 Å². The zero-order valence-electron chi connectivity index (χ0n) is 12.8. The van der Waals surface area contributed by atoms with Crippen LogP contribution in [0.5, 0.6) is 0 Å². The molecule has 3 aromatic rings. The first-order valence-corrected chi connectivity index (χ1v) is 10.6. The summed E-state index contributed by atoms with van der Waals surface area (Å²) in [6, 6.07) is 13.8. The van der Waals surface area contributed by atoms with Crippen LogP contribution in [0.2, 0.25) is 0 Å². The van der Waals surface area contributed by atoms with Crippen molar-refractivity contribution in [2.75, 3.05) is 5.75 Å². The number of nitrogens with zero attached hydrogens (tertiary/aromatic N) is 1. The van der Waals surface area contributed by atoms with Gasteiger partial charge in [-0.1, -0.05) is 36.4 Å². The Labute approximate surface area is 151 Å². The molecule has 1 aromatic carbocycles. The van der Waals surface area contributed by atoms with E-state index in [-0.39, 0.29) is 11.7 Å². The summed E-state index contributed by atoms with van der Waals surface area (Å²) in [6.07, 6.45) is 0. The first kappa shape index (κ1) is 17.0. The van der Waals surface area contributed by atoms with Crippen LogP contribution >= 0.6 is 22.7 Å². The van der Waals surface area contributed by atoms with Crippen molar-refractivity contribution in [1.29, 1.82) is 0 Å². The van der Waals surface area contributed by atoms with Gasteiger partial charge in [-0.15, -0.1) is 22.7 Å². The second-order valence-electron chi connectivity index (χ2n) is 5.09. The van der Waals surface area contributed by atoms with E-state index in [1.807, 2.05) is 53.2 Å². The van der Waals surface area contributed by atoms with Crippen LogP contribution < -0.4 is 5.32 Å². The van der Waals surface area contributed by atoms with Gasteiger partial charge in [0.2, 0.25) is 5.91 Å². The van der Waals surface area contributed by atoms with E-state index in [0.717, 1.165) is 21.1 Å². The van der Waals surface area contributed by atoms with Gasteiger partial charge in [0.15, 0.2) is 0 Å². The van der Waals surface area contributed by atoms with Crippen LogP contribution in [0, 0.1) is 0 Å². The van der Waals surface area contributed by atoms with Crippen LogP contribution in [-0.2, 0) is 27.9 Å². The van der Waals surface area contributed by atoms with Crippen molar-refractivity contribution in [2.45, 2.75) is 12.3 Å². The fourth-order valence-electron chi connectivity index (χ4n) is 2.10. The molecular formula is C17H16N2O2S3. The molecule has 0 bridgehead atoms. The highest BCUT2D eigenvalue weighted by atomic mass is 32.2. The Morgan fingerprint density at radius 1 is 1.12 bits per heavy atom. The fourth-order valence-corrected chi connectivity index (χ4v) is 4.65. The Balaban J connectivity index is 1.50. The number of hydrogen-bond acceptors (Lipinski definition) is 5. The molecule has 0 saturated carbocycles. The van der Waals surface area contributed by atoms with Gasteiger partial charge in [-0.2, -0.15) is 0 Å². The Hall–Kier alpha value is -1.83. The third-order valence-corrected chi connectivity index (χ3v) is 6.23. The molecular weight excluding hydrogens is 360 g/mol. The Morgan fingerprint density at radius 3 is 2.71 bits per heavy atom. The van der Waals surface area contributed by atoms with Crippen molar-refractivity contribution in [3.8, 4) is 10.6 Å². The van der Waals surface area contributed by atoms with Gasteiger partial charge in [-0.3, -0.25) is 9.00 Å². The summed E-state index contributed by atoms with van der Waals surface area (Å²) in [4.78, 5) is 17.4. The number of thiazole rings is 1. The summed E-state index contributed by atoms with van der Waals surface area (Å²) in [7, 11) is -1.26. The van der Waals surface area contributed by atoms with Crippen molar-refractivity contribution < 1.29 is 9.00 Å². The molecule has 0 radical (unpaired) electrons. The molecule has 2 aromatic heterocycles. The summed E-state index contributed by atoms with van der Waals surface area (Å²) >= 11 is 3.12. The minimum absolute atomic E-state index is 0.00354. The quantitative estimate of drug-likeness (QED) is 0.687. The summed E-state index contributed by atoms with van der Waals surface area (Å²) in [5, 5.41) is 7.57. The predicted molar refractivity (Wildman–Crippen MR) is 100 cm³/mol. The van der Waals surface area contributed by atoms with Crippen molar-refractivity contribution >= 4 is 39.4 Å². The number of aromatic nitrogens is 1. The third kappa shape index (κ3) is 4.83. The first-order chi connectivity index (χ1) is 11.7. The number of carbonyl (C=O) groups is 1. The third-order valence-electron chi connectivity index (χ3n) is 3.21. The number of carbonyl (C=O) groups excluding carboxylic acids is 1. The number of thiophene rings is 1. The number of nitrogens with one attached hydrogen (secondary N) is 1. The van der Waals surface area contributed by atoms with Gasteiger partial charge >= 0.3 is 0 Å². The average Bonchev–Trinajstić information content (AvgIpc) is 3.25. The lowest BCUT2D eigenvalue weighted by Gasteiger charge is -2.03. The Kier molecular flexibility index (Phi) is 5.90. The lowest BCUT2D eigenvalue weighted by atomic mass is 10.2. The van der Waals surface area contributed by atoms with E-state index in [9.17, 15) is 9.00 Å². The van der Waals surface area contributed by atoms with Gasteiger partial charge in [-0.05, 0) is 11.4 Å². The Bertz CT molecular complexity index is 814. The van der Waals surface area contributed by atoms with E-state index in [1.54, 1.807) is 11.3 Å². The second kappa shape index (κ2) is 8.32. The minimum atomic E-state index is -1.26. The van der Waals surface area contributed by atoms with Crippen LogP contribution in [0.1, 0.15) is 10.6 Å². The number of amides is 1. The first-order valence-electron chi connectivity index (χ1n) is 7.34. The lowest BCUT2D eigenvalue weighted by molar-refractivity contribution is -0.118. The summed E-state index contributed by atoms with van der Waals surface area (Å²) in [5.74, 6) is 0.111. The number of benzene rings is 1. The molecule has 124 valence electrons. The highest BCUT2D eigenvalue weighted by Crippen LogP contribution is 2.23. The van der Waals surface area contributed by atoms with Crippen molar-refractivity contribution in [1.82, 2.24) is 10.3 Å². The molecule has 0 saturated heterocycles. The van der Waals surface area contributed by atoms with E-state index >= 15 is 0 Å². The maximum Gasteiger partial charge on any atom is 0.232 e. The zero-order valence-corrected chi connectivity index (χ0v) is 15.3. The van der Waals surface area contributed by atoms with E-state index in [0.29, 0.717) is 12.3 Å². The second-order valence-corrected chi connectivity index (χ2v) is 8.44. The zero-order chi connectivity index (χ0) is 16.8. The molecule has 0 aliphatic carbocycles. The van der Waals surface area contributed by atoms with E-state index in [1.165, 1.54) is 11.3 Å². The molecule has 4 nitrogen and oxygen atoms in total. The van der Waals surface area contributed by atoms with Crippen LogP contribution in [0.3, 0.4) is 0 Å². The highest BCUT2D eigenvalue weighted by molar-refractivity contribution is 7.84. The molecule has 0 spiro atoms. The number of hydrogen-bond donors (Lipinski definition) is 1. The molecule has 0 aliphatic rings. The molecule has 7 heteroatoms.